The van der Waals surface area contributed by atoms with E-state index < -0.39 is 0 Å². The van der Waals surface area contributed by atoms with Gasteiger partial charge in [0.2, 0.25) is 0 Å². The second-order valence-electron chi connectivity index (χ2n) is 5.06. The third-order valence-corrected chi connectivity index (χ3v) is 7.48. The molecule has 0 spiro atoms. The Morgan fingerprint density at radius 1 is 1.22 bits per heavy atom. The maximum absolute atomic E-state index is 12.4. The number of thioether (sulfide) groups is 1. The second kappa shape index (κ2) is 9.31. The van der Waals surface area contributed by atoms with Crippen molar-refractivity contribution in [2.45, 2.75) is 16.4 Å². The second-order valence-corrected chi connectivity index (χ2v) is 8.89. The van der Waals surface area contributed by atoms with Crippen LogP contribution in [-0.2, 0) is 4.74 Å². The maximum atomic E-state index is 12.4. The number of rotatable bonds is 4. The number of ether oxygens (including phenoxy) is 1. The lowest BCUT2D eigenvalue weighted by Gasteiger charge is -2.09. The fourth-order valence-electron chi connectivity index (χ4n) is 2.28. The Morgan fingerprint density at radius 3 is 2.61 bits per heavy atom. The van der Waals surface area contributed by atoms with Crippen molar-refractivity contribution in [3.05, 3.63) is 46.6 Å². The van der Waals surface area contributed by atoms with Crippen LogP contribution in [0.15, 0.2) is 40.6 Å². The molecule has 1 unspecified atom stereocenters. The Bertz CT molecular complexity index is 703. The number of carbonyl (C=O) groups is 1. The molecule has 0 radical (unpaired) electrons. The number of nitrogens with zero attached hydrogens (tertiary/aromatic N) is 1. The Kier molecular flexibility index (Phi) is 7.74. The van der Waals surface area contributed by atoms with Crippen LogP contribution in [-0.4, -0.2) is 37.3 Å². The molecule has 0 amide bonds. The van der Waals surface area contributed by atoms with Gasteiger partial charge in [-0.25, -0.2) is 4.58 Å². The average molecular weight is 479 g/mol. The van der Waals surface area contributed by atoms with Gasteiger partial charge in [-0.05, 0) is 17.3 Å². The summed E-state index contributed by atoms with van der Waals surface area (Å²) in [7, 11) is 3.54. The van der Waals surface area contributed by atoms with Crippen LogP contribution in [0.1, 0.15) is 17.3 Å². The predicted molar refractivity (Wildman–Crippen MR) is 94.1 cm³/mol. The van der Waals surface area contributed by atoms with E-state index in [9.17, 15) is 4.79 Å². The van der Waals surface area contributed by atoms with Gasteiger partial charge in [-0.3, -0.25) is 4.79 Å². The van der Waals surface area contributed by atoms with Crippen molar-refractivity contribution in [1.82, 2.24) is 4.58 Å². The van der Waals surface area contributed by atoms with Crippen molar-refractivity contribution in [3.8, 4) is 0 Å². The minimum Gasteiger partial charge on any atom is -1.00 e. The topological polar surface area (TPSA) is 29.3 Å². The molecule has 3 nitrogen and oxygen atoms in total. The minimum absolute atomic E-state index is 0. The Labute approximate surface area is 164 Å². The summed E-state index contributed by atoms with van der Waals surface area (Å²) in [5.74, 6) is 0.192. The van der Waals surface area contributed by atoms with Gasteiger partial charge in [0.25, 0.3) is 4.67 Å². The summed E-state index contributed by atoms with van der Waals surface area (Å²) in [4.78, 5) is 12.4. The van der Waals surface area contributed by atoms with Gasteiger partial charge in [0, 0.05) is 11.6 Å². The third kappa shape index (κ3) is 5.12. The molecule has 7 heteroatoms. The number of benzene rings is 1. The molecule has 0 aliphatic carbocycles. The highest BCUT2D eigenvalue weighted by Crippen LogP contribution is 2.29. The van der Waals surface area contributed by atoms with E-state index in [1.54, 1.807) is 32.4 Å². The first-order valence-corrected chi connectivity index (χ1v) is 10.3. The summed E-state index contributed by atoms with van der Waals surface area (Å²) >= 11 is 1.65. The van der Waals surface area contributed by atoms with Gasteiger partial charge in [-0.15, -0.1) is 11.8 Å². The molecule has 0 bridgehead atoms. The quantitative estimate of drug-likeness (QED) is 0.203. The zero-order valence-corrected chi connectivity index (χ0v) is 17.3. The number of Topliss-reactive ketones (excluding diaryl/α,β-unsaturated/α-hetero) is 1. The van der Waals surface area contributed by atoms with E-state index >= 15 is 0 Å². The van der Waals surface area contributed by atoms with Gasteiger partial charge in [-0.1, -0.05) is 40.7 Å². The van der Waals surface area contributed by atoms with Crippen molar-refractivity contribution < 1.29 is 33.5 Å². The molecule has 0 saturated carbocycles. The third-order valence-electron chi connectivity index (χ3n) is 3.49. The van der Waals surface area contributed by atoms with Crippen LogP contribution >= 0.6 is 32.4 Å². The molecule has 1 aromatic carbocycles. The van der Waals surface area contributed by atoms with Crippen LogP contribution in [0, 0.1) is 0 Å². The normalized spacial score (nSPS) is 15.8. The number of morpholine rings is 1. The number of hydrogen-bond acceptors (Lipinski definition) is 5. The number of ketones is 1. The van der Waals surface area contributed by atoms with Crippen LogP contribution < -0.4 is 33.2 Å². The molecular weight excluding hydrogens is 461 g/mol. The SMILES string of the molecule is CC(Sc1cc(=[N+]2CCOCC2)ss1)C(=O)c1ccccc1.[I-]. The summed E-state index contributed by atoms with van der Waals surface area (Å²) in [6.07, 6.45) is 0. The number of halogens is 1. The largest absolute Gasteiger partial charge is 1.00 e. The lowest BCUT2D eigenvalue weighted by Crippen LogP contribution is -3.00. The van der Waals surface area contributed by atoms with Crippen molar-refractivity contribution >= 4 is 38.2 Å². The molecule has 2 heterocycles. The zero-order valence-electron chi connectivity index (χ0n) is 12.7. The Balaban J connectivity index is 0.00000192. The predicted octanol–water partition coefficient (Wildman–Crippen LogP) is -0.0205. The number of hydrogen-bond donors (Lipinski definition) is 0. The van der Waals surface area contributed by atoms with Gasteiger partial charge in [-0.2, -0.15) is 0 Å². The zero-order chi connectivity index (χ0) is 15.4. The molecule has 1 saturated heterocycles. The van der Waals surface area contributed by atoms with E-state index in [1.165, 1.54) is 8.88 Å². The smallest absolute Gasteiger partial charge is 0.268 e. The van der Waals surface area contributed by atoms with E-state index in [2.05, 4.69) is 10.6 Å². The van der Waals surface area contributed by atoms with E-state index in [-0.39, 0.29) is 35.0 Å². The molecular formula is C16H18INO2S3. The van der Waals surface area contributed by atoms with Gasteiger partial charge >= 0.3 is 0 Å². The van der Waals surface area contributed by atoms with Crippen molar-refractivity contribution in [2.24, 2.45) is 0 Å². The van der Waals surface area contributed by atoms with E-state index in [4.69, 9.17) is 4.74 Å². The summed E-state index contributed by atoms with van der Waals surface area (Å²) in [5, 5.41) is -0.0641. The highest BCUT2D eigenvalue weighted by Gasteiger charge is 2.19. The van der Waals surface area contributed by atoms with Crippen LogP contribution in [0.5, 0.6) is 0 Å². The van der Waals surface area contributed by atoms with E-state index in [1.807, 2.05) is 37.3 Å². The van der Waals surface area contributed by atoms with Gasteiger partial charge < -0.3 is 28.7 Å². The molecule has 1 fully saturated rings. The van der Waals surface area contributed by atoms with Gasteiger partial charge in [0.1, 0.15) is 13.2 Å². The lowest BCUT2D eigenvalue weighted by molar-refractivity contribution is -0.0000126. The lowest BCUT2D eigenvalue weighted by atomic mass is 10.1. The highest BCUT2D eigenvalue weighted by molar-refractivity contribution is 8.03. The molecule has 0 N–H and O–H groups in total. The average Bonchev–Trinajstić information content (AvgIpc) is 3.04. The summed E-state index contributed by atoms with van der Waals surface area (Å²) in [5.41, 5.74) is 0.788. The Hall–Kier alpha value is -0.220. The summed E-state index contributed by atoms with van der Waals surface area (Å²) in [6.45, 7) is 5.49. The molecule has 2 aromatic rings. The first-order chi connectivity index (χ1) is 10.7. The van der Waals surface area contributed by atoms with Crippen molar-refractivity contribution in [2.75, 3.05) is 26.3 Å². The molecule has 1 aromatic heterocycles. The van der Waals surface area contributed by atoms with Crippen LogP contribution in [0.25, 0.3) is 0 Å². The molecule has 1 aliphatic heterocycles. The van der Waals surface area contributed by atoms with Crippen molar-refractivity contribution in [3.63, 3.8) is 0 Å². The number of carbonyl (C=O) groups excluding carboxylic acids is 1. The minimum atomic E-state index is -0.0641. The van der Waals surface area contributed by atoms with Crippen LogP contribution in [0.4, 0.5) is 0 Å². The fourth-order valence-corrected chi connectivity index (χ4v) is 6.34. The summed E-state index contributed by atoms with van der Waals surface area (Å²) < 4.78 is 10.2. The van der Waals surface area contributed by atoms with E-state index in [0.717, 1.165) is 31.9 Å². The Morgan fingerprint density at radius 2 is 1.91 bits per heavy atom. The van der Waals surface area contributed by atoms with Crippen LogP contribution in [0.2, 0.25) is 0 Å². The van der Waals surface area contributed by atoms with E-state index in [0.29, 0.717) is 0 Å². The molecule has 1 aliphatic rings. The first-order valence-electron chi connectivity index (χ1n) is 7.26. The fraction of sp³-hybridized carbons (Fsp3) is 0.375. The molecule has 23 heavy (non-hydrogen) atoms. The molecule has 3 rings (SSSR count). The maximum Gasteiger partial charge on any atom is 0.268 e. The summed E-state index contributed by atoms with van der Waals surface area (Å²) in [6, 6.07) is 11.7. The monoisotopic (exact) mass is 479 g/mol. The van der Waals surface area contributed by atoms with Gasteiger partial charge in [0.15, 0.2) is 18.9 Å². The first kappa shape index (κ1) is 19.1. The molecule has 124 valence electrons. The van der Waals surface area contributed by atoms with Crippen LogP contribution in [0.3, 0.4) is 0 Å². The molecule has 1 atom stereocenters. The standard InChI is InChI=1S/C16H18NO2S3.HI/c1-12(16(18)13-5-3-2-4-6-13)20-15-11-14(21-22-15)17-7-9-19-10-8-17;/h2-6,11-12H,7-10H2,1H3;1H/q+1;/p-1. The van der Waals surface area contributed by atoms with Gasteiger partial charge in [0.05, 0.1) is 9.46 Å². The highest BCUT2D eigenvalue weighted by atomic mass is 127. The van der Waals surface area contributed by atoms with Crippen molar-refractivity contribution in [1.29, 1.82) is 0 Å².